The lowest BCUT2D eigenvalue weighted by atomic mass is 10.0. The van der Waals surface area contributed by atoms with Crippen LogP contribution in [0.5, 0.6) is 0 Å². The summed E-state index contributed by atoms with van der Waals surface area (Å²) in [5, 5.41) is 13.2. The van der Waals surface area contributed by atoms with Crippen molar-refractivity contribution < 1.29 is 14.4 Å². The zero-order chi connectivity index (χ0) is 17.9. The van der Waals surface area contributed by atoms with Gasteiger partial charge in [0, 0.05) is 11.1 Å². The molecule has 126 valence electrons. The van der Waals surface area contributed by atoms with Crippen molar-refractivity contribution >= 4 is 5.97 Å². The Morgan fingerprint density at radius 3 is 2.12 bits per heavy atom. The monoisotopic (exact) mass is 342 g/mol. The van der Waals surface area contributed by atoms with Crippen LogP contribution in [0.2, 0.25) is 0 Å². The van der Waals surface area contributed by atoms with Gasteiger partial charge in [-0.25, -0.2) is 4.79 Å². The molecule has 3 aromatic carbocycles. The third-order valence-corrected chi connectivity index (χ3v) is 4.06. The molecule has 1 heterocycles. The summed E-state index contributed by atoms with van der Waals surface area (Å²) in [4.78, 5) is 15.7. The topological polar surface area (TPSA) is 76.2 Å². The summed E-state index contributed by atoms with van der Waals surface area (Å²) in [5.41, 5.74) is 3.55. The average Bonchev–Trinajstić information content (AvgIpc) is 3.19. The Hall–Kier alpha value is -3.73. The maximum atomic E-state index is 11.4. The number of carboxylic acid groups (broad SMARTS) is 1. The SMILES string of the molecule is O=C(O)c1ccccc1-c1noc(-c2ccc(-c3ccccc3)cc2)n1. The van der Waals surface area contributed by atoms with Gasteiger partial charge in [-0.2, -0.15) is 4.98 Å². The van der Waals surface area contributed by atoms with Gasteiger partial charge in [0.15, 0.2) is 0 Å². The molecular weight excluding hydrogens is 328 g/mol. The molecule has 0 amide bonds. The number of carbonyl (C=O) groups is 1. The molecule has 0 unspecified atom stereocenters. The van der Waals surface area contributed by atoms with E-state index in [9.17, 15) is 9.90 Å². The molecule has 4 aromatic rings. The van der Waals surface area contributed by atoms with Gasteiger partial charge in [0.05, 0.1) is 5.56 Å². The number of carboxylic acids is 1. The standard InChI is InChI=1S/C21H14N2O3/c24-21(25)18-9-5-4-8-17(18)19-22-20(26-23-19)16-12-10-15(11-13-16)14-6-2-1-3-7-14/h1-13H,(H,24,25). The minimum atomic E-state index is -1.03. The molecule has 0 aliphatic rings. The van der Waals surface area contributed by atoms with Crippen molar-refractivity contribution in [1.29, 1.82) is 0 Å². The molecule has 0 atom stereocenters. The fraction of sp³-hybridized carbons (Fsp3) is 0. The number of aromatic carboxylic acids is 1. The average molecular weight is 342 g/mol. The minimum Gasteiger partial charge on any atom is -0.478 e. The number of benzene rings is 3. The highest BCUT2D eigenvalue weighted by Crippen LogP contribution is 2.27. The molecule has 0 saturated heterocycles. The second-order valence-corrected chi connectivity index (χ2v) is 5.72. The van der Waals surface area contributed by atoms with Gasteiger partial charge in [-0.1, -0.05) is 65.8 Å². The molecule has 0 saturated carbocycles. The number of rotatable bonds is 4. The van der Waals surface area contributed by atoms with Crippen molar-refractivity contribution in [2.24, 2.45) is 0 Å². The summed E-state index contributed by atoms with van der Waals surface area (Å²) < 4.78 is 5.33. The predicted octanol–water partition coefficient (Wildman–Crippen LogP) is 4.77. The normalized spacial score (nSPS) is 10.6. The van der Waals surface area contributed by atoms with Crippen molar-refractivity contribution in [3.8, 4) is 34.0 Å². The lowest BCUT2D eigenvalue weighted by Gasteiger charge is -2.02. The van der Waals surface area contributed by atoms with Crippen LogP contribution in [-0.4, -0.2) is 21.2 Å². The lowest BCUT2D eigenvalue weighted by Crippen LogP contribution is -1.99. The van der Waals surface area contributed by atoms with E-state index in [0.717, 1.165) is 16.7 Å². The van der Waals surface area contributed by atoms with Crippen LogP contribution >= 0.6 is 0 Å². The van der Waals surface area contributed by atoms with E-state index in [1.165, 1.54) is 6.07 Å². The smallest absolute Gasteiger partial charge is 0.336 e. The van der Waals surface area contributed by atoms with Crippen LogP contribution in [0, 0.1) is 0 Å². The molecule has 0 aliphatic heterocycles. The van der Waals surface area contributed by atoms with Crippen molar-refractivity contribution in [2.45, 2.75) is 0 Å². The van der Waals surface area contributed by atoms with Crippen LogP contribution in [0.15, 0.2) is 83.4 Å². The predicted molar refractivity (Wildman–Crippen MR) is 97.6 cm³/mol. The summed E-state index contributed by atoms with van der Waals surface area (Å²) >= 11 is 0. The molecule has 1 N–H and O–H groups in total. The van der Waals surface area contributed by atoms with Crippen molar-refractivity contribution in [3.63, 3.8) is 0 Å². The zero-order valence-electron chi connectivity index (χ0n) is 13.7. The second kappa shape index (κ2) is 6.64. The number of hydrogen-bond donors (Lipinski definition) is 1. The Morgan fingerprint density at radius 1 is 0.769 bits per heavy atom. The molecule has 0 radical (unpaired) electrons. The van der Waals surface area contributed by atoms with Crippen molar-refractivity contribution in [2.75, 3.05) is 0 Å². The molecule has 0 aliphatic carbocycles. The summed E-state index contributed by atoms with van der Waals surface area (Å²) in [6, 6.07) is 24.4. The zero-order valence-corrected chi connectivity index (χ0v) is 13.7. The van der Waals surface area contributed by atoms with Gasteiger partial charge in [-0.15, -0.1) is 0 Å². The first kappa shape index (κ1) is 15.8. The first-order valence-corrected chi connectivity index (χ1v) is 8.04. The van der Waals surface area contributed by atoms with Crippen LogP contribution in [0.3, 0.4) is 0 Å². The Kier molecular flexibility index (Phi) is 4.03. The van der Waals surface area contributed by atoms with Crippen LogP contribution < -0.4 is 0 Å². The Morgan fingerprint density at radius 2 is 1.38 bits per heavy atom. The highest BCUT2D eigenvalue weighted by molar-refractivity contribution is 5.95. The molecule has 0 fully saturated rings. The molecular formula is C21H14N2O3. The first-order valence-electron chi connectivity index (χ1n) is 8.04. The third-order valence-electron chi connectivity index (χ3n) is 4.06. The maximum absolute atomic E-state index is 11.4. The number of aromatic nitrogens is 2. The van der Waals surface area contributed by atoms with Crippen molar-refractivity contribution in [1.82, 2.24) is 10.1 Å². The fourth-order valence-corrected chi connectivity index (χ4v) is 2.75. The van der Waals surface area contributed by atoms with Crippen LogP contribution in [0.25, 0.3) is 34.0 Å². The van der Waals surface area contributed by atoms with E-state index in [1.807, 2.05) is 54.6 Å². The molecule has 4 rings (SSSR count). The lowest BCUT2D eigenvalue weighted by molar-refractivity contribution is 0.0697. The summed E-state index contributed by atoms with van der Waals surface area (Å²) in [6.45, 7) is 0. The molecule has 5 nitrogen and oxygen atoms in total. The first-order chi connectivity index (χ1) is 12.7. The maximum Gasteiger partial charge on any atom is 0.336 e. The molecule has 0 spiro atoms. The van der Waals surface area contributed by atoms with Gasteiger partial charge in [0.2, 0.25) is 5.82 Å². The van der Waals surface area contributed by atoms with Crippen LogP contribution in [0.1, 0.15) is 10.4 Å². The van der Waals surface area contributed by atoms with Gasteiger partial charge in [-0.05, 0) is 29.3 Å². The van der Waals surface area contributed by atoms with E-state index in [4.69, 9.17) is 4.52 Å². The van der Waals surface area contributed by atoms with Gasteiger partial charge >= 0.3 is 5.97 Å². The number of nitrogens with zero attached hydrogens (tertiary/aromatic N) is 2. The van der Waals surface area contributed by atoms with Gasteiger partial charge in [-0.3, -0.25) is 0 Å². The molecule has 5 heteroatoms. The Labute approximate surface area is 149 Å². The highest BCUT2D eigenvalue weighted by Gasteiger charge is 2.17. The van der Waals surface area contributed by atoms with Crippen LogP contribution in [0.4, 0.5) is 0 Å². The Balaban J connectivity index is 1.66. The number of hydrogen-bond acceptors (Lipinski definition) is 4. The Bertz CT molecular complexity index is 1050. The molecule has 26 heavy (non-hydrogen) atoms. The summed E-state index contributed by atoms with van der Waals surface area (Å²) in [5.74, 6) is -0.427. The fourth-order valence-electron chi connectivity index (χ4n) is 2.75. The van der Waals surface area contributed by atoms with E-state index in [0.29, 0.717) is 11.5 Å². The second-order valence-electron chi connectivity index (χ2n) is 5.72. The van der Waals surface area contributed by atoms with Crippen LogP contribution in [-0.2, 0) is 0 Å². The summed E-state index contributed by atoms with van der Waals surface area (Å²) in [6.07, 6.45) is 0. The summed E-state index contributed by atoms with van der Waals surface area (Å²) in [7, 11) is 0. The minimum absolute atomic E-state index is 0.138. The quantitative estimate of drug-likeness (QED) is 0.578. The van der Waals surface area contributed by atoms with Crippen molar-refractivity contribution in [3.05, 3.63) is 84.4 Å². The third kappa shape index (κ3) is 2.98. The van der Waals surface area contributed by atoms with E-state index >= 15 is 0 Å². The van der Waals surface area contributed by atoms with E-state index in [-0.39, 0.29) is 11.4 Å². The van der Waals surface area contributed by atoms with E-state index in [1.54, 1.807) is 18.2 Å². The van der Waals surface area contributed by atoms with E-state index in [2.05, 4.69) is 10.1 Å². The highest BCUT2D eigenvalue weighted by atomic mass is 16.5. The van der Waals surface area contributed by atoms with Gasteiger partial charge in [0.1, 0.15) is 0 Å². The van der Waals surface area contributed by atoms with Gasteiger partial charge < -0.3 is 9.63 Å². The largest absolute Gasteiger partial charge is 0.478 e. The van der Waals surface area contributed by atoms with E-state index < -0.39 is 5.97 Å². The molecule has 1 aromatic heterocycles. The molecule has 0 bridgehead atoms. The van der Waals surface area contributed by atoms with Gasteiger partial charge in [0.25, 0.3) is 5.89 Å².